The van der Waals surface area contributed by atoms with Crippen molar-refractivity contribution in [3.05, 3.63) is 29.8 Å². The SMILES string of the molecule is COCCCCCOS(=O)(=O)c1ccc(C)cc1. The Morgan fingerprint density at radius 3 is 2.22 bits per heavy atom. The third kappa shape index (κ3) is 5.16. The average Bonchev–Trinajstić information content (AvgIpc) is 2.34. The van der Waals surface area contributed by atoms with Crippen molar-refractivity contribution in [2.75, 3.05) is 20.3 Å². The molecule has 0 amide bonds. The van der Waals surface area contributed by atoms with Crippen LogP contribution >= 0.6 is 0 Å². The maximum atomic E-state index is 11.8. The van der Waals surface area contributed by atoms with Gasteiger partial charge in [0, 0.05) is 13.7 Å². The van der Waals surface area contributed by atoms with Gasteiger partial charge in [0.15, 0.2) is 0 Å². The topological polar surface area (TPSA) is 52.6 Å². The predicted octanol–water partition coefficient (Wildman–Crippen LogP) is 2.52. The normalized spacial score (nSPS) is 11.7. The van der Waals surface area contributed by atoms with Gasteiger partial charge in [-0.05, 0) is 38.3 Å². The van der Waals surface area contributed by atoms with Crippen LogP contribution in [0, 0.1) is 6.92 Å². The van der Waals surface area contributed by atoms with Gasteiger partial charge in [-0.15, -0.1) is 0 Å². The predicted molar refractivity (Wildman–Crippen MR) is 70.0 cm³/mol. The molecule has 1 aromatic carbocycles. The second kappa shape index (κ2) is 7.51. The van der Waals surface area contributed by atoms with Crippen LogP contribution in [0.4, 0.5) is 0 Å². The van der Waals surface area contributed by atoms with Gasteiger partial charge in [-0.3, -0.25) is 4.18 Å². The fourth-order valence-corrected chi connectivity index (χ4v) is 2.41. The van der Waals surface area contributed by atoms with Crippen molar-refractivity contribution in [2.45, 2.75) is 31.1 Å². The summed E-state index contributed by atoms with van der Waals surface area (Å²) in [6.45, 7) is 2.83. The van der Waals surface area contributed by atoms with Crippen LogP contribution in [0.25, 0.3) is 0 Å². The molecule has 0 aliphatic rings. The lowest BCUT2D eigenvalue weighted by atomic mass is 10.2. The number of rotatable bonds is 8. The number of methoxy groups -OCH3 is 1. The van der Waals surface area contributed by atoms with E-state index >= 15 is 0 Å². The molecule has 102 valence electrons. The molecule has 0 aliphatic carbocycles. The zero-order valence-electron chi connectivity index (χ0n) is 10.9. The van der Waals surface area contributed by atoms with E-state index < -0.39 is 10.1 Å². The molecule has 0 aliphatic heterocycles. The Labute approximate surface area is 109 Å². The lowest BCUT2D eigenvalue weighted by molar-refractivity contribution is 0.189. The Morgan fingerprint density at radius 1 is 1.00 bits per heavy atom. The number of hydrogen-bond acceptors (Lipinski definition) is 4. The molecule has 0 N–H and O–H groups in total. The van der Waals surface area contributed by atoms with Gasteiger partial charge in [0.25, 0.3) is 10.1 Å². The summed E-state index contributed by atoms with van der Waals surface area (Å²) < 4.78 is 33.4. The summed E-state index contributed by atoms with van der Waals surface area (Å²) in [5.74, 6) is 0. The van der Waals surface area contributed by atoms with Gasteiger partial charge < -0.3 is 4.74 Å². The smallest absolute Gasteiger partial charge is 0.296 e. The van der Waals surface area contributed by atoms with Crippen molar-refractivity contribution in [1.29, 1.82) is 0 Å². The Hall–Kier alpha value is -0.910. The molecule has 0 heterocycles. The third-order valence-corrected chi connectivity index (χ3v) is 3.87. The van der Waals surface area contributed by atoms with E-state index in [1.54, 1.807) is 31.4 Å². The van der Waals surface area contributed by atoms with Gasteiger partial charge in [-0.2, -0.15) is 8.42 Å². The van der Waals surface area contributed by atoms with E-state index in [0.29, 0.717) is 13.0 Å². The van der Waals surface area contributed by atoms with E-state index in [9.17, 15) is 8.42 Å². The summed E-state index contributed by atoms with van der Waals surface area (Å²) >= 11 is 0. The minimum absolute atomic E-state index is 0.213. The molecule has 0 aromatic heterocycles. The number of aryl methyl sites for hydroxylation is 1. The number of ether oxygens (including phenoxy) is 1. The second-order valence-corrected chi connectivity index (χ2v) is 5.76. The molecule has 0 fully saturated rings. The van der Waals surface area contributed by atoms with E-state index in [1.165, 1.54) is 0 Å². The van der Waals surface area contributed by atoms with E-state index in [4.69, 9.17) is 8.92 Å². The summed E-state index contributed by atoms with van der Waals surface area (Å²) in [6.07, 6.45) is 2.54. The fraction of sp³-hybridized carbons (Fsp3) is 0.538. The van der Waals surface area contributed by atoms with Crippen LogP contribution in [-0.2, 0) is 19.0 Å². The van der Waals surface area contributed by atoms with Crippen molar-refractivity contribution in [1.82, 2.24) is 0 Å². The lowest BCUT2D eigenvalue weighted by Crippen LogP contribution is -2.07. The van der Waals surface area contributed by atoms with Gasteiger partial charge in [0.05, 0.1) is 11.5 Å². The zero-order valence-corrected chi connectivity index (χ0v) is 11.7. The molecule has 0 saturated heterocycles. The van der Waals surface area contributed by atoms with Gasteiger partial charge in [-0.1, -0.05) is 17.7 Å². The lowest BCUT2D eigenvalue weighted by Gasteiger charge is -2.05. The molecule has 4 nitrogen and oxygen atoms in total. The van der Waals surface area contributed by atoms with Crippen molar-refractivity contribution in [3.63, 3.8) is 0 Å². The molecule has 0 spiro atoms. The molecule has 1 rings (SSSR count). The number of unbranched alkanes of at least 4 members (excludes halogenated alkanes) is 2. The highest BCUT2D eigenvalue weighted by Crippen LogP contribution is 2.13. The molecular weight excluding hydrogens is 252 g/mol. The highest BCUT2D eigenvalue weighted by Gasteiger charge is 2.13. The summed E-state index contributed by atoms with van der Waals surface area (Å²) in [4.78, 5) is 0.213. The molecule has 1 aromatic rings. The van der Waals surface area contributed by atoms with E-state index in [1.807, 2.05) is 6.92 Å². The van der Waals surface area contributed by atoms with Crippen LogP contribution in [0.1, 0.15) is 24.8 Å². The molecule has 0 radical (unpaired) electrons. The zero-order chi connectivity index (χ0) is 13.4. The highest BCUT2D eigenvalue weighted by molar-refractivity contribution is 7.86. The minimum Gasteiger partial charge on any atom is -0.385 e. The van der Waals surface area contributed by atoms with Crippen molar-refractivity contribution in [2.24, 2.45) is 0 Å². The first kappa shape index (κ1) is 15.1. The Morgan fingerprint density at radius 2 is 1.61 bits per heavy atom. The highest BCUT2D eigenvalue weighted by atomic mass is 32.2. The summed E-state index contributed by atoms with van der Waals surface area (Å²) in [5, 5.41) is 0. The largest absolute Gasteiger partial charge is 0.385 e. The number of hydrogen-bond donors (Lipinski definition) is 0. The van der Waals surface area contributed by atoms with Crippen LogP contribution in [0.2, 0.25) is 0 Å². The maximum Gasteiger partial charge on any atom is 0.296 e. The summed E-state index contributed by atoms with van der Waals surface area (Å²) in [6, 6.07) is 6.65. The van der Waals surface area contributed by atoms with Gasteiger partial charge >= 0.3 is 0 Å². The van der Waals surface area contributed by atoms with E-state index in [-0.39, 0.29) is 11.5 Å². The van der Waals surface area contributed by atoms with Gasteiger partial charge in [-0.25, -0.2) is 0 Å². The molecule has 0 saturated carbocycles. The summed E-state index contributed by atoms with van der Waals surface area (Å²) in [5.41, 5.74) is 1.02. The first-order valence-corrected chi connectivity index (χ1v) is 7.42. The van der Waals surface area contributed by atoms with Crippen LogP contribution in [0.5, 0.6) is 0 Å². The molecule has 5 heteroatoms. The van der Waals surface area contributed by atoms with Crippen molar-refractivity contribution < 1.29 is 17.3 Å². The second-order valence-electron chi connectivity index (χ2n) is 4.14. The number of benzene rings is 1. The Balaban J connectivity index is 2.38. The molecule has 0 bridgehead atoms. The average molecular weight is 272 g/mol. The molecular formula is C13H20O4S. The minimum atomic E-state index is -3.60. The monoisotopic (exact) mass is 272 g/mol. The van der Waals surface area contributed by atoms with Gasteiger partial charge in [0.2, 0.25) is 0 Å². The third-order valence-electron chi connectivity index (χ3n) is 2.54. The molecule has 18 heavy (non-hydrogen) atoms. The van der Waals surface area contributed by atoms with Crippen LogP contribution < -0.4 is 0 Å². The quantitative estimate of drug-likeness (QED) is 0.539. The van der Waals surface area contributed by atoms with Gasteiger partial charge in [0.1, 0.15) is 0 Å². The van der Waals surface area contributed by atoms with Crippen LogP contribution in [-0.4, -0.2) is 28.7 Å². The summed E-state index contributed by atoms with van der Waals surface area (Å²) in [7, 11) is -1.95. The Kier molecular flexibility index (Phi) is 6.32. The van der Waals surface area contributed by atoms with Crippen LogP contribution in [0.3, 0.4) is 0 Å². The Bertz CT molecular complexity index is 437. The van der Waals surface area contributed by atoms with Crippen LogP contribution in [0.15, 0.2) is 29.2 Å². The fourth-order valence-electron chi connectivity index (χ4n) is 1.47. The standard InChI is InChI=1S/C13H20O4S/c1-12-6-8-13(9-7-12)18(14,15)17-11-5-3-4-10-16-2/h6-9H,3-5,10-11H2,1-2H3. The maximum absolute atomic E-state index is 11.8. The van der Waals surface area contributed by atoms with Crippen molar-refractivity contribution in [3.8, 4) is 0 Å². The first-order valence-electron chi connectivity index (χ1n) is 6.01. The van der Waals surface area contributed by atoms with E-state index in [2.05, 4.69) is 0 Å². The molecule has 0 atom stereocenters. The molecule has 0 unspecified atom stereocenters. The first-order chi connectivity index (χ1) is 8.56. The van der Waals surface area contributed by atoms with E-state index in [0.717, 1.165) is 18.4 Å². The van der Waals surface area contributed by atoms with Crippen molar-refractivity contribution >= 4 is 10.1 Å².